The maximum Gasteiger partial charge on any atom is 0.186 e. The van der Waals surface area contributed by atoms with Gasteiger partial charge in [-0.2, -0.15) is 5.26 Å². The number of aromatic nitrogens is 2. The van der Waals surface area contributed by atoms with Crippen molar-refractivity contribution < 1.29 is 4.74 Å². The predicted octanol–water partition coefficient (Wildman–Crippen LogP) is 4.14. The second kappa shape index (κ2) is 6.23. The Morgan fingerprint density at radius 3 is 2.91 bits per heavy atom. The number of nitriles is 1. The summed E-state index contributed by atoms with van der Waals surface area (Å²) in [6.45, 7) is 5.67. The van der Waals surface area contributed by atoms with Crippen LogP contribution in [0.3, 0.4) is 0 Å². The quantitative estimate of drug-likeness (QED) is 0.827. The maximum atomic E-state index is 9.41. The Morgan fingerprint density at radius 2 is 2.22 bits per heavy atom. The van der Waals surface area contributed by atoms with Gasteiger partial charge in [-0.1, -0.05) is 41.4 Å². The zero-order valence-electron chi connectivity index (χ0n) is 12.9. The number of nitrogens with zero attached hydrogens (tertiary/aromatic N) is 3. The first kappa shape index (κ1) is 16.4. The summed E-state index contributed by atoms with van der Waals surface area (Å²) in [6, 6.07) is 5.97. The number of anilines is 1. The van der Waals surface area contributed by atoms with Crippen LogP contribution in [-0.2, 0) is 4.74 Å². The highest BCUT2D eigenvalue weighted by Crippen LogP contribution is 2.36. The molecule has 1 N–H and O–H groups in total. The van der Waals surface area contributed by atoms with Gasteiger partial charge in [0.25, 0.3) is 0 Å². The molecule has 120 valence electrons. The van der Waals surface area contributed by atoms with E-state index in [0.29, 0.717) is 29.4 Å². The Balaban J connectivity index is 2.13. The van der Waals surface area contributed by atoms with Crippen LogP contribution in [0.15, 0.2) is 16.6 Å². The van der Waals surface area contributed by atoms with E-state index >= 15 is 0 Å². The lowest BCUT2D eigenvalue weighted by Gasteiger charge is -2.39. The van der Waals surface area contributed by atoms with E-state index in [1.807, 2.05) is 6.07 Å². The molecule has 0 radical (unpaired) electrons. The third-order valence-electron chi connectivity index (χ3n) is 4.18. The fraction of sp³-hybridized carbons (Fsp3) is 0.438. The van der Waals surface area contributed by atoms with Crippen molar-refractivity contribution in [2.45, 2.75) is 26.3 Å². The second-order valence-corrected chi connectivity index (χ2v) is 7.67. The van der Waals surface area contributed by atoms with Crippen LogP contribution in [0, 0.1) is 16.7 Å². The molecule has 0 aliphatic carbocycles. The Kier molecular flexibility index (Phi) is 4.45. The van der Waals surface area contributed by atoms with Gasteiger partial charge in [0.2, 0.25) is 0 Å². The molecule has 1 aromatic heterocycles. The van der Waals surface area contributed by atoms with Gasteiger partial charge in [-0.25, -0.2) is 0 Å². The number of ether oxygens (including phenoxy) is 1. The summed E-state index contributed by atoms with van der Waals surface area (Å²) >= 11 is 9.71. The Labute approximate surface area is 148 Å². The van der Waals surface area contributed by atoms with Gasteiger partial charge in [0, 0.05) is 27.9 Å². The molecule has 1 atom stereocenters. The normalized spacial score (nSPS) is 20.2. The lowest BCUT2D eigenvalue weighted by molar-refractivity contribution is 0.00349. The molecule has 7 heteroatoms. The molecule has 1 saturated heterocycles. The molecular formula is C16H16BrClN4O. The third kappa shape index (κ3) is 3.14. The van der Waals surface area contributed by atoms with E-state index < -0.39 is 0 Å². The van der Waals surface area contributed by atoms with E-state index in [2.05, 4.69) is 51.4 Å². The largest absolute Gasteiger partial charge is 0.381 e. The number of halogens is 2. The lowest BCUT2D eigenvalue weighted by Crippen LogP contribution is -2.44. The van der Waals surface area contributed by atoms with E-state index in [-0.39, 0.29) is 17.2 Å². The van der Waals surface area contributed by atoms with Crippen LogP contribution >= 0.6 is 27.5 Å². The molecule has 1 fully saturated rings. The fourth-order valence-electron chi connectivity index (χ4n) is 2.83. The number of rotatable bonds is 2. The van der Waals surface area contributed by atoms with Crippen LogP contribution in [0.4, 0.5) is 5.69 Å². The van der Waals surface area contributed by atoms with Crippen LogP contribution in [0.2, 0.25) is 5.02 Å². The van der Waals surface area contributed by atoms with E-state index in [9.17, 15) is 5.26 Å². The van der Waals surface area contributed by atoms with Gasteiger partial charge in [0.05, 0.1) is 17.3 Å². The third-order valence-corrected chi connectivity index (χ3v) is 4.92. The van der Waals surface area contributed by atoms with Gasteiger partial charge < -0.3 is 10.1 Å². The van der Waals surface area contributed by atoms with E-state index in [1.54, 1.807) is 6.07 Å². The monoisotopic (exact) mass is 394 g/mol. The number of hydrogen-bond donors (Lipinski definition) is 1. The summed E-state index contributed by atoms with van der Waals surface area (Å²) in [5, 5.41) is 22.3. The Bertz CT molecular complexity index is 803. The summed E-state index contributed by atoms with van der Waals surface area (Å²) in [5.41, 5.74) is 1.49. The molecular weight excluding hydrogens is 380 g/mol. The molecule has 5 nitrogen and oxygen atoms in total. The first-order chi connectivity index (χ1) is 10.9. The summed E-state index contributed by atoms with van der Waals surface area (Å²) in [5.74, 6) is 0. The molecule has 1 aromatic carbocycles. The van der Waals surface area contributed by atoms with Gasteiger partial charge in [-0.05, 0) is 18.6 Å². The molecule has 1 aliphatic rings. The van der Waals surface area contributed by atoms with Crippen molar-refractivity contribution in [3.63, 3.8) is 0 Å². The first-order valence-electron chi connectivity index (χ1n) is 7.32. The predicted molar refractivity (Wildman–Crippen MR) is 93.6 cm³/mol. The minimum absolute atomic E-state index is 0.0453. The summed E-state index contributed by atoms with van der Waals surface area (Å²) < 4.78 is 6.41. The number of benzene rings is 1. The molecule has 23 heavy (non-hydrogen) atoms. The molecule has 2 heterocycles. The van der Waals surface area contributed by atoms with Crippen molar-refractivity contribution in [2.75, 3.05) is 18.5 Å². The van der Waals surface area contributed by atoms with Crippen LogP contribution < -0.4 is 5.32 Å². The zero-order chi connectivity index (χ0) is 16.6. The summed E-state index contributed by atoms with van der Waals surface area (Å²) in [7, 11) is 0. The van der Waals surface area contributed by atoms with Crippen molar-refractivity contribution in [2.24, 2.45) is 5.41 Å². The van der Waals surface area contributed by atoms with Crippen molar-refractivity contribution in [3.05, 3.63) is 27.3 Å². The van der Waals surface area contributed by atoms with Gasteiger partial charge in [-0.3, -0.25) is 0 Å². The molecule has 0 amide bonds. The van der Waals surface area contributed by atoms with Gasteiger partial charge in [0.15, 0.2) is 5.69 Å². The highest BCUT2D eigenvalue weighted by atomic mass is 79.9. The molecule has 2 aromatic rings. The van der Waals surface area contributed by atoms with Crippen molar-refractivity contribution in [3.8, 4) is 6.07 Å². The smallest absolute Gasteiger partial charge is 0.186 e. The van der Waals surface area contributed by atoms with E-state index in [4.69, 9.17) is 16.3 Å². The van der Waals surface area contributed by atoms with Crippen molar-refractivity contribution in [1.82, 2.24) is 10.2 Å². The standard InChI is InChI=1S/C16H16BrClN4O/c1-16(2)8-23-4-3-13(16)20-15-10-5-9(17)6-11(18)14(10)22-21-12(15)7-19/h5-6,13H,3-4,8H2,1-2H3,(H,20,22). The molecule has 0 bridgehead atoms. The molecule has 3 rings (SSSR count). The van der Waals surface area contributed by atoms with Crippen LogP contribution in [0.25, 0.3) is 10.9 Å². The van der Waals surface area contributed by atoms with Crippen LogP contribution in [0.1, 0.15) is 26.0 Å². The van der Waals surface area contributed by atoms with Crippen LogP contribution in [0.5, 0.6) is 0 Å². The van der Waals surface area contributed by atoms with Crippen molar-refractivity contribution in [1.29, 1.82) is 5.26 Å². The summed E-state index contributed by atoms with van der Waals surface area (Å²) in [4.78, 5) is 0. The SMILES string of the molecule is CC1(C)COCCC1Nc1c(C#N)nnc2c(Cl)cc(Br)cc12. The van der Waals surface area contributed by atoms with Gasteiger partial charge in [-0.15, -0.1) is 10.2 Å². The average Bonchev–Trinajstić information content (AvgIpc) is 2.49. The van der Waals surface area contributed by atoms with Crippen LogP contribution in [-0.4, -0.2) is 29.5 Å². The molecule has 1 aliphatic heterocycles. The number of nitrogens with one attached hydrogen (secondary N) is 1. The summed E-state index contributed by atoms with van der Waals surface area (Å²) in [6.07, 6.45) is 0.865. The number of fused-ring (bicyclic) bond motifs is 1. The van der Waals surface area contributed by atoms with Crippen molar-refractivity contribution >= 4 is 44.1 Å². The lowest BCUT2D eigenvalue weighted by atomic mass is 9.81. The average molecular weight is 396 g/mol. The van der Waals surface area contributed by atoms with Gasteiger partial charge in [0.1, 0.15) is 11.6 Å². The molecule has 1 unspecified atom stereocenters. The molecule has 0 spiro atoms. The Hall–Kier alpha value is -1.42. The minimum Gasteiger partial charge on any atom is -0.381 e. The first-order valence-corrected chi connectivity index (χ1v) is 8.49. The van der Waals surface area contributed by atoms with Gasteiger partial charge >= 0.3 is 0 Å². The minimum atomic E-state index is -0.0453. The highest BCUT2D eigenvalue weighted by molar-refractivity contribution is 9.10. The van der Waals surface area contributed by atoms with E-state index in [1.165, 1.54) is 0 Å². The Morgan fingerprint density at radius 1 is 1.43 bits per heavy atom. The maximum absolute atomic E-state index is 9.41. The fourth-order valence-corrected chi connectivity index (χ4v) is 3.68. The topological polar surface area (TPSA) is 70.8 Å². The number of hydrogen-bond acceptors (Lipinski definition) is 5. The second-order valence-electron chi connectivity index (χ2n) is 6.35. The zero-order valence-corrected chi connectivity index (χ0v) is 15.2. The molecule has 0 saturated carbocycles. The highest BCUT2D eigenvalue weighted by Gasteiger charge is 2.34. The van der Waals surface area contributed by atoms with E-state index in [0.717, 1.165) is 16.3 Å².